The van der Waals surface area contributed by atoms with Crippen LogP contribution in [0.15, 0.2) is 18.2 Å². The third-order valence-electron chi connectivity index (χ3n) is 7.30. The van der Waals surface area contributed by atoms with Crippen LogP contribution in [0.5, 0.6) is 5.75 Å². The first-order valence-electron chi connectivity index (χ1n) is 11.6. The summed E-state index contributed by atoms with van der Waals surface area (Å²) in [6.07, 6.45) is 3.54. The Morgan fingerprint density at radius 1 is 1.29 bits per heavy atom. The summed E-state index contributed by atoms with van der Waals surface area (Å²) in [6.45, 7) is 9.03. The Balaban J connectivity index is 1.39. The van der Waals surface area contributed by atoms with Crippen LogP contribution in [-0.4, -0.2) is 71.9 Å². The van der Waals surface area contributed by atoms with Crippen molar-refractivity contribution in [3.05, 3.63) is 29.3 Å². The summed E-state index contributed by atoms with van der Waals surface area (Å²) in [7, 11) is 2.18. The molecule has 2 heterocycles. The van der Waals surface area contributed by atoms with Crippen molar-refractivity contribution in [2.45, 2.75) is 69.7 Å². The number of phenolic OH excluding ortho intramolecular Hbond substituents is 1. The van der Waals surface area contributed by atoms with Gasteiger partial charge in [-0.3, -0.25) is 0 Å². The minimum absolute atomic E-state index is 0.143. The topological polar surface area (TPSA) is 91.1 Å². The van der Waals surface area contributed by atoms with Crippen molar-refractivity contribution in [1.29, 1.82) is 0 Å². The highest BCUT2D eigenvalue weighted by atomic mass is 16.6. The van der Waals surface area contributed by atoms with Crippen molar-refractivity contribution in [2.24, 2.45) is 11.7 Å². The first kappa shape index (κ1) is 22.4. The molecule has 0 aromatic heterocycles. The summed E-state index contributed by atoms with van der Waals surface area (Å²) >= 11 is 0. The summed E-state index contributed by atoms with van der Waals surface area (Å²) in [4.78, 5) is 16.6. The van der Waals surface area contributed by atoms with Crippen molar-refractivity contribution in [3.63, 3.8) is 0 Å². The normalized spacial score (nSPS) is 29.5. The first-order valence-corrected chi connectivity index (χ1v) is 11.6. The molecule has 7 nitrogen and oxygen atoms in total. The van der Waals surface area contributed by atoms with Crippen LogP contribution in [0.4, 0.5) is 4.79 Å². The maximum absolute atomic E-state index is 12.3. The number of piperidine rings is 2. The van der Waals surface area contributed by atoms with E-state index < -0.39 is 11.1 Å². The molecule has 0 radical (unpaired) electrons. The van der Waals surface area contributed by atoms with Gasteiger partial charge in [-0.1, -0.05) is 6.07 Å². The molecule has 1 amide bonds. The van der Waals surface area contributed by atoms with Gasteiger partial charge < -0.3 is 30.7 Å². The number of likely N-dealkylation sites (tertiary alicyclic amines) is 2. The number of likely N-dealkylation sites (N-methyl/N-ethyl adjacent to an activating group) is 1. The molecule has 31 heavy (non-hydrogen) atoms. The summed E-state index contributed by atoms with van der Waals surface area (Å²) in [5.41, 5.74) is 8.47. The quantitative estimate of drug-likeness (QED) is 0.682. The van der Waals surface area contributed by atoms with E-state index in [0.717, 1.165) is 57.4 Å². The van der Waals surface area contributed by atoms with Crippen molar-refractivity contribution in [1.82, 2.24) is 15.1 Å². The highest BCUT2D eigenvalue weighted by Gasteiger charge is 2.50. The highest BCUT2D eigenvalue weighted by molar-refractivity contribution is 5.68. The van der Waals surface area contributed by atoms with E-state index in [1.54, 1.807) is 6.07 Å². The molecule has 3 unspecified atom stereocenters. The Labute approximate surface area is 185 Å². The number of phenols is 1. The van der Waals surface area contributed by atoms with Gasteiger partial charge in [0.2, 0.25) is 0 Å². The van der Waals surface area contributed by atoms with E-state index in [9.17, 15) is 9.90 Å². The fourth-order valence-corrected chi connectivity index (χ4v) is 5.52. The molecule has 172 valence electrons. The first-order chi connectivity index (χ1) is 14.6. The number of benzene rings is 1. The number of nitrogens with two attached hydrogens (primary N) is 1. The Kier molecular flexibility index (Phi) is 5.96. The molecule has 3 aliphatic rings. The second-order valence-electron chi connectivity index (χ2n) is 10.7. The number of carbonyl (C=O) groups excluding carboxylic acids is 1. The molecule has 7 heteroatoms. The standard InChI is InChI=1S/C24H38N4O3/c1-23(2,3)31-22(30)28-10-7-16(8-11-28)15-26-21-20-13-17-5-6-18(29)14-19(17)24(21,25)9-12-27(20)4/h5-6,14,16,20-21,26,29H,7-13,15,25H2,1-4H3. The van der Waals surface area contributed by atoms with Gasteiger partial charge in [0.1, 0.15) is 11.4 Å². The number of nitrogens with one attached hydrogen (secondary N) is 1. The van der Waals surface area contributed by atoms with E-state index in [1.165, 1.54) is 5.56 Å². The SMILES string of the molecule is CN1CCC2(N)c3cc(O)ccc3CC1C2NCC1CCN(C(=O)OC(C)(C)C)CC1. The molecule has 1 aromatic carbocycles. The lowest BCUT2D eigenvalue weighted by molar-refractivity contribution is 0.0172. The van der Waals surface area contributed by atoms with Crippen LogP contribution in [0.3, 0.4) is 0 Å². The zero-order valence-corrected chi connectivity index (χ0v) is 19.4. The van der Waals surface area contributed by atoms with Gasteiger partial charge in [0.05, 0.1) is 5.54 Å². The largest absolute Gasteiger partial charge is 0.508 e. The second kappa shape index (κ2) is 8.26. The molecule has 2 bridgehead atoms. The zero-order chi connectivity index (χ0) is 22.4. The molecule has 1 aliphatic carbocycles. The minimum Gasteiger partial charge on any atom is -0.508 e. The van der Waals surface area contributed by atoms with E-state index in [2.05, 4.69) is 17.3 Å². The van der Waals surface area contributed by atoms with Crippen molar-refractivity contribution >= 4 is 6.09 Å². The summed E-state index contributed by atoms with van der Waals surface area (Å²) < 4.78 is 5.51. The van der Waals surface area contributed by atoms with Gasteiger partial charge in [-0.05, 0) is 89.2 Å². The van der Waals surface area contributed by atoms with Crippen molar-refractivity contribution in [2.75, 3.05) is 33.2 Å². The lowest BCUT2D eigenvalue weighted by atomic mass is 9.66. The summed E-state index contributed by atoms with van der Waals surface area (Å²) in [6, 6.07) is 6.15. The monoisotopic (exact) mass is 430 g/mol. The van der Waals surface area contributed by atoms with Crippen molar-refractivity contribution in [3.8, 4) is 5.75 Å². The van der Waals surface area contributed by atoms with E-state index in [-0.39, 0.29) is 17.9 Å². The number of rotatable bonds is 3. The molecule has 4 N–H and O–H groups in total. The molecule has 2 aliphatic heterocycles. The third kappa shape index (κ3) is 4.54. The Hall–Kier alpha value is -1.83. The van der Waals surface area contributed by atoms with Crippen LogP contribution in [0.1, 0.15) is 51.2 Å². The van der Waals surface area contributed by atoms with Crippen LogP contribution in [-0.2, 0) is 16.7 Å². The minimum atomic E-state index is -0.472. The second-order valence-corrected chi connectivity index (χ2v) is 10.7. The molecule has 1 aromatic rings. The van der Waals surface area contributed by atoms with Gasteiger partial charge in [-0.15, -0.1) is 0 Å². The van der Waals surface area contributed by atoms with Gasteiger partial charge in [0.25, 0.3) is 0 Å². The molecule has 4 rings (SSSR count). The van der Waals surface area contributed by atoms with Crippen LogP contribution in [0.2, 0.25) is 0 Å². The molecule has 3 atom stereocenters. The fourth-order valence-electron chi connectivity index (χ4n) is 5.52. The van der Waals surface area contributed by atoms with Crippen LogP contribution >= 0.6 is 0 Å². The van der Waals surface area contributed by atoms with Gasteiger partial charge in [0, 0.05) is 31.7 Å². The Bertz CT molecular complexity index is 816. The number of fused-ring (bicyclic) bond motifs is 4. The molecular formula is C24H38N4O3. The predicted molar refractivity (Wildman–Crippen MR) is 121 cm³/mol. The lowest BCUT2D eigenvalue weighted by Gasteiger charge is -2.55. The Morgan fingerprint density at radius 2 is 2.00 bits per heavy atom. The summed E-state index contributed by atoms with van der Waals surface area (Å²) in [5, 5.41) is 13.9. The molecule has 2 saturated heterocycles. The molecule has 2 fully saturated rings. The Morgan fingerprint density at radius 3 is 2.68 bits per heavy atom. The smallest absolute Gasteiger partial charge is 0.410 e. The number of nitrogens with zero attached hydrogens (tertiary/aromatic N) is 2. The van der Waals surface area contributed by atoms with Gasteiger partial charge in [0.15, 0.2) is 0 Å². The molecule has 0 saturated carbocycles. The number of aromatic hydroxyl groups is 1. The van der Waals surface area contributed by atoms with Gasteiger partial charge in [-0.25, -0.2) is 4.79 Å². The predicted octanol–water partition coefficient (Wildman–Crippen LogP) is 2.41. The maximum Gasteiger partial charge on any atom is 0.410 e. The number of amides is 1. The van der Waals surface area contributed by atoms with E-state index in [1.807, 2.05) is 37.8 Å². The van der Waals surface area contributed by atoms with Crippen molar-refractivity contribution < 1.29 is 14.6 Å². The van der Waals surface area contributed by atoms with Crippen LogP contribution in [0.25, 0.3) is 0 Å². The number of carbonyl (C=O) groups is 1. The van der Waals surface area contributed by atoms with E-state index in [4.69, 9.17) is 10.5 Å². The third-order valence-corrected chi connectivity index (χ3v) is 7.30. The van der Waals surface area contributed by atoms with Crippen LogP contribution in [0, 0.1) is 5.92 Å². The van der Waals surface area contributed by atoms with E-state index in [0.29, 0.717) is 12.0 Å². The van der Waals surface area contributed by atoms with E-state index >= 15 is 0 Å². The van der Waals surface area contributed by atoms with Gasteiger partial charge >= 0.3 is 6.09 Å². The highest BCUT2D eigenvalue weighted by Crippen LogP contribution is 2.42. The van der Waals surface area contributed by atoms with Crippen LogP contribution < -0.4 is 11.1 Å². The number of ether oxygens (including phenoxy) is 1. The maximum atomic E-state index is 12.3. The average molecular weight is 431 g/mol. The number of hydrogen-bond acceptors (Lipinski definition) is 6. The number of hydrogen-bond donors (Lipinski definition) is 3. The fraction of sp³-hybridized carbons (Fsp3) is 0.708. The van der Waals surface area contributed by atoms with Gasteiger partial charge in [-0.2, -0.15) is 0 Å². The zero-order valence-electron chi connectivity index (χ0n) is 19.4. The summed E-state index contributed by atoms with van der Waals surface area (Å²) in [5.74, 6) is 0.799. The lowest BCUT2D eigenvalue weighted by Crippen LogP contribution is -2.70. The molecule has 0 spiro atoms. The average Bonchev–Trinajstić information content (AvgIpc) is 2.70. The molecular weight excluding hydrogens is 392 g/mol.